The lowest BCUT2D eigenvalue weighted by Gasteiger charge is -2.27. The van der Waals surface area contributed by atoms with Crippen molar-refractivity contribution in [2.45, 2.75) is 37.1 Å². The molecule has 1 aromatic heterocycles. The molecular formula is C16H23N3S. The first-order valence-corrected chi connectivity index (χ1v) is 7.85. The molecule has 1 aromatic carbocycles. The van der Waals surface area contributed by atoms with E-state index in [0.717, 1.165) is 5.69 Å². The van der Waals surface area contributed by atoms with Crippen molar-refractivity contribution in [1.82, 2.24) is 9.78 Å². The molecule has 0 saturated carbocycles. The second-order valence-corrected chi connectivity index (χ2v) is 6.71. The maximum atomic E-state index is 6.49. The van der Waals surface area contributed by atoms with E-state index in [9.17, 15) is 0 Å². The van der Waals surface area contributed by atoms with Gasteiger partial charge in [-0.15, -0.1) is 11.8 Å². The molecule has 108 valence electrons. The Morgan fingerprint density at radius 3 is 2.35 bits per heavy atom. The molecule has 0 amide bonds. The van der Waals surface area contributed by atoms with E-state index in [-0.39, 0.29) is 6.04 Å². The predicted octanol–water partition coefficient (Wildman–Crippen LogP) is 3.55. The molecule has 3 nitrogen and oxygen atoms in total. The van der Waals surface area contributed by atoms with Gasteiger partial charge in [0.2, 0.25) is 0 Å². The molecule has 0 spiro atoms. The predicted molar refractivity (Wildman–Crippen MR) is 85.8 cm³/mol. The maximum Gasteiger partial charge on any atom is 0.0942 e. The molecular weight excluding hydrogens is 266 g/mol. The van der Waals surface area contributed by atoms with Crippen molar-refractivity contribution in [3.8, 4) is 0 Å². The van der Waals surface area contributed by atoms with Crippen molar-refractivity contribution >= 4 is 11.8 Å². The quantitative estimate of drug-likeness (QED) is 0.856. The highest BCUT2D eigenvalue weighted by atomic mass is 32.2. The first kappa shape index (κ1) is 15.1. The Labute approximate surface area is 125 Å². The Kier molecular flexibility index (Phi) is 4.89. The first-order chi connectivity index (χ1) is 9.49. The molecule has 2 rings (SSSR count). The van der Waals surface area contributed by atoms with Crippen molar-refractivity contribution in [3.05, 3.63) is 47.7 Å². The fraction of sp³-hybridized carbons (Fsp3) is 0.438. The fourth-order valence-corrected chi connectivity index (χ4v) is 3.61. The standard InChI is InChI=1S/C16H23N3S/c1-11(2)16(15(17)13-8-6-5-7-9-13)20-14-10-12(3)18-19(14)4/h5-11,15-16H,17H2,1-4H3. The Morgan fingerprint density at radius 2 is 1.85 bits per heavy atom. The Morgan fingerprint density at radius 1 is 1.20 bits per heavy atom. The molecule has 2 unspecified atom stereocenters. The molecule has 4 heteroatoms. The summed E-state index contributed by atoms with van der Waals surface area (Å²) in [6.45, 7) is 6.47. The lowest BCUT2D eigenvalue weighted by atomic mass is 9.97. The van der Waals surface area contributed by atoms with Gasteiger partial charge in [-0.05, 0) is 24.5 Å². The van der Waals surface area contributed by atoms with Crippen LogP contribution in [0.2, 0.25) is 0 Å². The first-order valence-electron chi connectivity index (χ1n) is 6.97. The number of benzene rings is 1. The van der Waals surface area contributed by atoms with Crippen LogP contribution in [0.15, 0.2) is 41.4 Å². The van der Waals surface area contributed by atoms with Crippen LogP contribution in [0.3, 0.4) is 0 Å². The number of hydrogen-bond donors (Lipinski definition) is 1. The van der Waals surface area contributed by atoms with E-state index >= 15 is 0 Å². The van der Waals surface area contributed by atoms with Crippen molar-refractivity contribution < 1.29 is 0 Å². The lowest BCUT2D eigenvalue weighted by Crippen LogP contribution is -2.28. The minimum Gasteiger partial charge on any atom is -0.323 e. The summed E-state index contributed by atoms with van der Waals surface area (Å²) in [6.07, 6.45) is 0. The molecule has 0 aliphatic rings. The minimum absolute atomic E-state index is 0.0245. The molecule has 0 radical (unpaired) electrons. The number of nitrogens with zero attached hydrogens (tertiary/aromatic N) is 2. The molecule has 20 heavy (non-hydrogen) atoms. The Hall–Kier alpha value is -1.26. The Balaban J connectivity index is 2.21. The normalized spacial score (nSPS) is 14.5. The molecule has 0 saturated heterocycles. The van der Waals surface area contributed by atoms with Crippen LogP contribution < -0.4 is 5.73 Å². The smallest absolute Gasteiger partial charge is 0.0942 e. The van der Waals surface area contributed by atoms with E-state index < -0.39 is 0 Å². The largest absolute Gasteiger partial charge is 0.323 e. The number of aryl methyl sites for hydroxylation is 2. The molecule has 0 aliphatic carbocycles. The van der Waals surface area contributed by atoms with Gasteiger partial charge >= 0.3 is 0 Å². The summed E-state index contributed by atoms with van der Waals surface area (Å²) in [5, 5.41) is 5.91. The van der Waals surface area contributed by atoms with Crippen molar-refractivity contribution in [2.24, 2.45) is 18.7 Å². The number of nitrogens with two attached hydrogens (primary N) is 1. The van der Waals surface area contributed by atoms with Crippen LogP contribution >= 0.6 is 11.8 Å². The van der Waals surface area contributed by atoms with Crippen LogP contribution in [0.1, 0.15) is 31.1 Å². The summed E-state index contributed by atoms with van der Waals surface area (Å²) in [5.74, 6) is 0.491. The van der Waals surface area contributed by atoms with Gasteiger partial charge in [0, 0.05) is 18.3 Å². The van der Waals surface area contributed by atoms with Crippen molar-refractivity contribution in [3.63, 3.8) is 0 Å². The van der Waals surface area contributed by atoms with E-state index in [0.29, 0.717) is 11.2 Å². The summed E-state index contributed by atoms with van der Waals surface area (Å²) < 4.78 is 1.94. The van der Waals surface area contributed by atoms with Gasteiger partial charge in [0.25, 0.3) is 0 Å². The second kappa shape index (κ2) is 6.46. The average molecular weight is 289 g/mol. The second-order valence-electron chi connectivity index (χ2n) is 5.51. The van der Waals surface area contributed by atoms with Gasteiger partial charge in [-0.3, -0.25) is 4.68 Å². The number of thioether (sulfide) groups is 1. The molecule has 0 bridgehead atoms. The summed E-state index contributed by atoms with van der Waals surface area (Å²) in [6, 6.07) is 12.5. The van der Waals surface area contributed by atoms with Gasteiger partial charge in [0.15, 0.2) is 0 Å². The van der Waals surface area contributed by atoms with Gasteiger partial charge in [-0.1, -0.05) is 44.2 Å². The van der Waals surface area contributed by atoms with Crippen LogP contribution in [-0.4, -0.2) is 15.0 Å². The number of aromatic nitrogens is 2. The van der Waals surface area contributed by atoms with Gasteiger partial charge in [-0.25, -0.2) is 0 Å². The highest BCUT2D eigenvalue weighted by molar-refractivity contribution is 7.99. The monoisotopic (exact) mass is 289 g/mol. The topological polar surface area (TPSA) is 43.8 Å². The maximum absolute atomic E-state index is 6.49. The zero-order chi connectivity index (χ0) is 14.7. The third kappa shape index (κ3) is 3.44. The molecule has 2 N–H and O–H groups in total. The average Bonchev–Trinajstić information content (AvgIpc) is 2.74. The number of hydrogen-bond acceptors (Lipinski definition) is 3. The molecule has 0 aliphatic heterocycles. The van der Waals surface area contributed by atoms with Crippen LogP contribution in [0, 0.1) is 12.8 Å². The summed E-state index contributed by atoms with van der Waals surface area (Å²) in [4.78, 5) is 0. The minimum atomic E-state index is 0.0245. The van der Waals surface area contributed by atoms with Gasteiger partial charge < -0.3 is 5.73 Å². The van der Waals surface area contributed by atoms with Gasteiger partial charge in [0.1, 0.15) is 0 Å². The van der Waals surface area contributed by atoms with Gasteiger partial charge in [0.05, 0.1) is 10.7 Å². The highest BCUT2D eigenvalue weighted by Gasteiger charge is 2.25. The zero-order valence-corrected chi connectivity index (χ0v) is 13.4. The summed E-state index contributed by atoms with van der Waals surface area (Å²) in [5.41, 5.74) is 8.73. The molecule has 1 heterocycles. The fourth-order valence-electron chi connectivity index (χ4n) is 2.33. The Bertz CT molecular complexity index is 548. The summed E-state index contributed by atoms with van der Waals surface area (Å²) in [7, 11) is 1.99. The SMILES string of the molecule is Cc1cc(SC(C(C)C)C(N)c2ccccc2)n(C)n1. The molecule has 0 fully saturated rings. The van der Waals surface area contributed by atoms with E-state index in [1.54, 1.807) is 0 Å². The van der Waals surface area contributed by atoms with Crippen LogP contribution in [0.4, 0.5) is 0 Å². The van der Waals surface area contributed by atoms with E-state index in [4.69, 9.17) is 5.73 Å². The third-order valence-corrected chi connectivity index (χ3v) is 5.14. The number of rotatable bonds is 5. The van der Waals surface area contributed by atoms with E-state index in [1.807, 2.05) is 48.6 Å². The van der Waals surface area contributed by atoms with Crippen molar-refractivity contribution in [1.29, 1.82) is 0 Å². The van der Waals surface area contributed by atoms with Crippen LogP contribution in [0.5, 0.6) is 0 Å². The van der Waals surface area contributed by atoms with E-state index in [1.165, 1.54) is 10.6 Å². The zero-order valence-electron chi connectivity index (χ0n) is 12.6. The molecule has 2 atom stereocenters. The summed E-state index contributed by atoms with van der Waals surface area (Å²) >= 11 is 1.82. The highest BCUT2D eigenvalue weighted by Crippen LogP contribution is 2.35. The van der Waals surface area contributed by atoms with Crippen LogP contribution in [-0.2, 0) is 7.05 Å². The van der Waals surface area contributed by atoms with Crippen LogP contribution in [0.25, 0.3) is 0 Å². The third-order valence-electron chi connectivity index (χ3n) is 3.41. The van der Waals surface area contributed by atoms with Crippen molar-refractivity contribution in [2.75, 3.05) is 0 Å². The van der Waals surface area contributed by atoms with Gasteiger partial charge in [-0.2, -0.15) is 5.10 Å². The van der Waals surface area contributed by atoms with E-state index in [2.05, 4.69) is 37.1 Å². The lowest BCUT2D eigenvalue weighted by molar-refractivity contribution is 0.525. The molecule has 2 aromatic rings.